The predicted octanol–water partition coefficient (Wildman–Crippen LogP) is 3.13. The Bertz CT molecular complexity index is 686. The van der Waals surface area contributed by atoms with E-state index in [1.54, 1.807) is 13.3 Å². The first-order chi connectivity index (χ1) is 11.6. The van der Waals surface area contributed by atoms with E-state index in [1.807, 2.05) is 32.2 Å². The van der Waals surface area contributed by atoms with E-state index in [9.17, 15) is 4.79 Å². The molecule has 128 valence electrons. The number of methoxy groups -OCH3 is 1. The Morgan fingerprint density at radius 3 is 2.75 bits per heavy atom. The highest BCUT2D eigenvalue weighted by Gasteiger charge is 2.27. The summed E-state index contributed by atoms with van der Waals surface area (Å²) in [4.78, 5) is 22.7. The number of likely N-dealkylation sites (tertiary alicyclic amines) is 1. The van der Waals surface area contributed by atoms with E-state index in [4.69, 9.17) is 4.74 Å². The number of rotatable bonds is 5. The first-order valence-electron chi connectivity index (χ1n) is 8.48. The van der Waals surface area contributed by atoms with E-state index in [0.29, 0.717) is 0 Å². The third kappa shape index (κ3) is 3.51. The average Bonchev–Trinajstić information content (AvgIpc) is 3.07. The maximum absolute atomic E-state index is 13.0. The van der Waals surface area contributed by atoms with Crippen LogP contribution in [-0.4, -0.2) is 40.9 Å². The van der Waals surface area contributed by atoms with Gasteiger partial charge in [0.25, 0.3) is 0 Å². The van der Waals surface area contributed by atoms with Crippen molar-refractivity contribution in [2.75, 3.05) is 20.2 Å². The molecule has 1 aliphatic heterocycles. The van der Waals surface area contributed by atoms with E-state index in [-0.39, 0.29) is 11.7 Å². The summed E-state index contributed by atoms with van der Waals surface area (Å²) in [6, 6.07) is 3.92. The number of Topliss-reactive ketones (excluding diaryl/α,β-unsaturated/α-hetero) is 1. The van der Waals surface area contributed by atoms with Crippen LogP contribution in [0.1, 0.15) is 40.2 Å². The van der Waals surface area contributed by atoms with Crippen LogP contribution < -0.4 is 4.74 Å². The van der Waals surface area contributed by atoms with Crippen molar-refractivity contribution in [3.05, 3.63) is 47.0 Å². The van der Waals surface area contributed by atoms with Gasteiger partial charge in [-0.1, -0.05) is 0 Å². The molecule has 2 heterocycles. The third-order valence-electron chi connectivity index (χ3n) is 4.75. The summed E-state index contributed by atoms with van der Waals surface area (Å²) in [7, 11) is 1.67. The number of nitrogens with one attached hydrogen (secondary N) is 1. The number of hydrogen-bond acceptors (Lipinski definition) is 4. The molecule has 5 nitrogen and oxygen atoms in total. The van der Waals surface area contributed by atoms with Crippen LogP contribution in [0.3, 0.4) is 0 Å². The molecule has 1 atom stereocenters. The summed E-state index contributed by atoms with van der Waals surface area (Å²) in [5.74, 6) is 2.13. The molecule has 5 heteroatoms. The Hall–Kier alpha value is -2.14. The second kappa shape index (κ2) is 7.18. The molecule has 0 spiro atoms. The molecule has 1 aromatic heterocycles. The Morgan fingerprint density at radius 2 is 2.12 bits per heavy atom. The highest BCUT2D eigenvalue weighted by molar-refractivity contribution is 5.98. The molecule has 1 N–H and O–H groups in total. The molecular formula is C19H25N3O2. The highest BCUT2D eigenvalue weighted by Crippen LogP contribution is 2.28. The van der Waals surface area contributed by atoms with E-state index >= 15 is 0 Å². The van der Waals surface area contributed by atoms with Crippen molar-refractivity contribution in [1.29, 1.82) is 0 Å². The van der Waals surface area contributed by atoms with Crippen molar-refractivity contribution < 1.29 is 9.53 Å². The number of aryl methyl sites for hydroxylation is 2. The summed E-state index contributed by atoms with van der Waals surface area (Å²) in [5.41, 5.74) is 2.84. The predicted molar refractivity (Wildman–Crippen MR) is 93.4 cm³/mol. The van der Waals surface area contributed by atoms with E-state index in [2.05, 4.69) is 14.9 Å². The number of ketones is 1. The van der Waals surface area contributed by atoms with Crippen LogP contribution in [0.25, 0.3) is 0 Å². The Kier molecular flexibility index (Phi) is 5.00. The number of piperidine rings is 1. The average molecular weight is 327 g/mol. The SMILES string of the molecule is COc1c(C)cc(C(=O)[C@H]2CCCN(Cc3ncc[nH]3)C2)cc1C. The third-order valence-corrected chi connectivity index (χ3v) is 4.75. The lowest BCUT2D eigenvalue weighted by Gasteiger charge is -2.31. The van der Waals surface area contributed by atoms with Gasteiger partial charge in [0.05, 0.1) is 13.7 Å². The second-order valence-electron chi connectivity index (χ2n) is 6.62. The maximum Gasteiger partial charge on any atom is 0.167 e. The van der Waals surface area contributed by atoms with Gasteiger partial charge in [0.15, 0.2) is 5.78 Å². The largest absolute Gasteiger partial charge is 0.496 e. The number of hydrogen-bond donors (Lipinski definition) is 1. The molecule has 1 saturated heterocycles. The van der Waals surface area contributed by atoms with Crippen LogP contribution in [0, 0.1) is 19.8 Å². The Labute approximate surface area is 143 Å². The van der Waals surface area contributed by atoms with E-state index in [1.165, 1.54) is 0 Å². The Balaban J connectivity index is 1.72. The van der Waals surface area contributed by atoms with Gasteiger partial charge in [-0.15, -0.1) is 0 Å². The molecule has 0 amide bonds. The zero-order valence-electron chi connectivity index (χ0n) is 14.6. The molecule has 0 radical (unpaired) electrons. The molecule has 2 aromatic rings. The zero-order valence-corrected chi connectivity index (χ0v) is 14.6. The smallest absolute Gasteiger partial charge is 0.167 e. The molecule has 0 saturated carbocycles. The molecular weight excluding hydrogens is 302 g/mol. The van der Waals surface area contributed by atoms with Gasteiger partial charge in [-0.3, -0.25) is 9.69 Å². The van der Waals surface area contributed by atoms with E-state index in [0.717, 1.165) is 60.7 Å². The first-order valence-corrected chi connectivity index (χ1v) is 8.48. The molecule has 1 aliphatic rings. The highest BCUT2D eigenvalue weighted by atomic mass is 16.5. The lowest BCUT2D eigenvalue weighted by Crippen LogP contribution is -2.38. The van der Waals surface area contributed by atoms with Crippen molar-refractivity contribution in [1.82, 2.24) is 14.9 Å². The second-order valence-corrected chi connectivity index (χ2v) is 6.62. The summed E-state index contributed by atoms with van der Waals surface area (Å²) in [5, 5.41) is 0. The van der Waals surface area contributed by atoms with Gasteiger partial charge in [0.2, 0.25) is 0 Å². The van der Waals surface area contributed by atoms with Gasteiger partial charge in [0.1, 0.15) is 11.6 Å². The number of benzene rings is 1. The molecule has 1 aromatic carbocycles. The van der Waals surface area contributed by atoms with Crippen molar-refractivity contribution in [3.8, 4) is 5.75 Å². The molecule has 0 unspecified atom stereocenters. The van der Waals surface area contributed by atoms with Gasteiger partial charge < -0.3 is 9.72 Å². The van der Waals surface area contributed by atoms with Gasteiger partial charge in [0, 0.05) is 30.4 Å². The molecule has 3 rings (SSSR count). The number of nitrogens with zero attached hydrogens (tertiary/aromatic N) is 2. The summed E-state index contributed by atoms with van der Waals surface area (Å²) in [6.07, 6.45) is 5.61. The fourth-order valence-corrected chi connectivity index (χ4v) is 3.66. The number of aromatic nitrogens is 2. The fourth-order valence-electron chi connectivity index (χ4n) is 3.66. The van der Waals surface area contributed by atoms with Crippen LogP contribution >= 0.6 is 0 Å². The van der Waals surface area contributed by atoms with Gasteiger partial charge in [-0.05, 0) is 56.5 Å². The maximum atomic E-state index is 13.0. The van der Waals surface area contributed by atoms with Crippen LogP contribution in [0.4, 0.5) is 0 Å². The molecule has 24 heavy (non-hydrogen) atoms. The minimum atomic E-state index is 0.0564. The van der Waals surface area contributed by atoms with Crippen molar-refractivity contribution >= 4 is 5.78 Å². The van der Waals surface area contributed by atoms with Crippen LogP contribution in [0.5, 0.6) is 5.75 Å². The number of carbonyl (C=O) groups is 1. The van der Waals surface area contributed by atoms with Crippen molar-refractivity contribution in [2.24, 2.45) is 5.92 Å². The number of carbonyl (C=O) groups excluding carboxylic acids is 1. The number of ether oxygens (including phenoxy) is 1. The van der Waals surface area contributed by atoms with Gasteiger partial charge in [-0.2, -0.15) is 0 Å². The number of imidazole rings is 1. The van der Waals surface area contributed by atoms with Crippen molar-refractivity contribution in [3.63, 3.8) is 0 Å². The molecule has 0 aliphatic carbocycles. The topological polar surface area (TPSA) is 58.2 Å². The van der Waals surface area contributed by atoms with Gasteiger partial charge >= 0.3 is 0 Å². The standard InChI is InChI=1S/C19H25N3O2/c1-13-9-16(10-14(2)19(13)24-3)18(23)15-5-4-8-22(11-15)12-17-20-6-7-21-17/h6-7,9-10,15H,4-5,8,11-12H2,1-3H3,(H,20,21)/t15-/m0/s1. The zero-order chi connectivity index (χ0) is 17.1. The van der Waals surface area contributed by atoms with Crippen molar-refractivity contribution in [2.45, 2.75) is 33.2 Å². The van der Waals surface area contributed by atoms with E-state index < -0.39 is 0 Å². The molecule has 1 fully saturated rings. The normalized spacial score (nSPS) is 18.5. The number of H-pyrrole nitrogens is 1. The number of aromatic amines is 1. The quantitative estimate of drug-likeness (QED) is 0.857. The summed E-state index contributed by atoms with van der Waals surface area (Å²) >= 11 is 0. The first kappa shape index (κ1) is 16.7. The van der Waals surface area contributed by atoms with Crippen LogP contribution in [0.2, 0.25) is 0 Å². The monoisotopic (exact) mass is 327 g/mol. The van der Waals surface area contributed by atoms with Crippen LogP contribution in [0.15, 0.2) is 24.5 Å². The molecule has 0 bridgehead atoms. The fraction of sp³-hybridized carbons (Fsp3) is 0.474. The minimum Gasteiger partial charge on any atom is -0.496 e. The van der Waals surface area contributed by atoms with Crippen LogP contribution in [-0.2, 0) is 6.54 Å². The lowest BCUT2D eigenvalue weighted by molar-refractivity contribution is 0.0808. The Morgan fingerprint density at radius 1 is 1.38 bits per heavy atom. The summed E-state index contributed by atoms with van der Waals surface area (Å²) < 4.78 is 5.40. The lowest BCUT2D eigenvalue weighted by atomic mass is 9.88. The minimum absolute atomic E-state index is 0.0564. The van der Waals surface area contributed by atoms with Gasteiger partial charge in [-0.25, -0.2) is 4.98 Å². The summed E-state index contributed by atoms with van der Waals surface area (Å²) in [6.45, 7) is 6.58.